The van der Waals surface area contributed by atoms with Gasteiger partial charge in [0.1, 0.15) is 0 Å². The van der Waals surface area contributed by atoms with Crippen molar-refractivity contribution in [2.24, 2.45) is 0 Å². The maximum atomic E-state index is 12.1. The molecule has 0 amide bonds. The third-order valence-corrected chi connectivity index (χ3v) is 3.67. The van der Waals surface area contributed by atoms with E-state index in [-0.39, 0.29) is 5.78 Å². The van der Waals surface area contributed by atoms with Gasteiger partial charge in [0.05, 0.1) is 0 Å². The molecule has 0 fully saturated rings. The molecule has 1 nitrogen and oxygen atoms in total. The van der Waals surface area contributed by atoms with E-state index in [1.165, 1.54) is 0 Å². The molecule has 0 unspecified atom stereocenters. The molecule has 0 N–H and O–H groups in total. The highest BCUT2D eigenvalue weighted by atomic mass is 79.9. The summed E-state index contributed by atoms with van der Waals surface area (Å²) in [7, 11) is 0. The smallest absolute Gasteiger partial charge is 0.167 e. The Morgan fingerprint density at radius 2 is 2.19 bits per heavy atom. The zero-order valence-corrected chi connectivity index (χ0v) is 11.3. The minimum absolute atomic E-state index is 0.178. The quantitative estimate of drug-likeness (QED) is 0.774. The van der Waals surface area contributed by atoms with Crippen molar-refractivity contribution in [3.05, 3.63) is 56.2 Å². The van der Waals surface area contributed by atoms with Gasteiger partial charge in [0.2, 0.25) is 0 Å². The molecular weight excluding hydrogens is 284 g/mol. The molecule has 0 aliphatic heterocycles. The van der Waals surface area contributed by atoms with Crippen molar-refractivity contribution < 1.29 is 4.79 Å². The lowest BCUT2D eigenvalue weighted by molar-refractivity contribution is 0.0992. The van der Waals surface area contributed by atoms with Crippen LogP contribution >= 0.6 is 27.3 Å². The Kier molecular flexibility index (Phi) is 3.56. The Labute approximate surface area is 107 Å². The first-order valence-electron chi connectivity index (χ1n) is 4.97. The monoisotopic (exact) mass is 294 g/mol. The van der Waals surface area contributed by atoms with E-state index in [0.717, 1.165) is 21.2 Å². The van der Waals surface area contributed by atoms with Crippen molar-refractivity contribution in [1.82, 2.24) is 0 Å². The van der Waals surface area contributed by atoms with Crippen LogP contribution in [-0.2, 0) is 6.42 Å². The van der Waals surface area contributed by atoms with Gasteiger partial charge in [-0.1, -0.05) is 22.0 Å². The van der Waals surface area contributed by atoms with Gasteiger partial charge in [-0.3, -0.25) is 4.79 Å². The Hall–Kier alpha value is -0.930. The number of aryl methyl sites for hydroxylation is 1. The number of halogens is 1. The molecule has 1 heterocycles. The third kappa shape index (κ3) is 2.60. The number of carbonyl (C=O) groups is 1. The summed E-state index contributed by atoms with van der Waals surface area (Å²) in [5.41, 5.74) is 2.93. The van der Waals surface area contributed by atoms with E-state index in [1.54, 1.807) is 11.3 Å². The van der Waals surface area contributed by atoms with Crippen LogP contribution in [0.25, 0.3) is 0 Å². The van der Waals surface area contributed by atoms with Gasteiger partial charge in [-0.15, -0.1) is 0 Å². The topological polar surface area (TPSA) is 17.1 Å². The number of thiophene rings is 1. The van der Waals surface area contributed by atoms with Gasteiger partial charge in [-0.2, -0.15) is 11.3 Å². The lowest BCUT2D eigenvalue weighted by Crippen LogP contribution is -2.04. The fourth-order valence-corrected chi connectivity index (χ4v) is 2.60. The van der Waals surface area contributed by atoms with Gasteiger partial charge in [-0.05, 0) is 47.0 Å². The number of hydrogen-bond donors (Lipinski definition) is 0. The molecule has 0 radical (unpaired) electrons. The van der Waals surface area contributed by atoms with Gasteiger partial charge in [0, 0.05) is 16.5 Å². The third-order valence-electron chi connectivity index (χ3n) is 2.44. The first-order chi connectivity index (χ1) is 7.66. The standard InChI is InChI=1S/C13H11BrOS/c1-9-2-3-11(14)7-12(9)13(15)6-10-4-5-16-8-10/h2-5,7-8H,6H2,1H3. The number of benzene rings is 1. The van der Waals surface area contributed by atoms with E-state index in [1.807, 2.05) is 41.9 Å². The van der Waals surface area contributed by atoms with E-state index in [9.17, 15) is 4.79 Å². The lowest BCUT2D eigenvalue weighted by atomic mass is 10.0. The van der Waals surface area contributed by atoms with Crippen molar-refractivity contribution in [3.63, 3.8) is 0 Å². The highest BCUT2D eigenvalue weighted by Gasteiger charge is 2.10. The second-order valence-electron chi connectivity index (χ2n) is 3.69. The molecule has 3 heteroatoms. The molecule has 2 aromatic rings. The van der Waals surface area contributed by atoms with E-state index in [4.69, 9.17) is 0 Å². The number of Topliss-reactive ketones (excluding diaryl/α,β-unsaturated/α-hetero) is 1. The lowest BCUT2D eigenvalue weighted by Gasteiger charge is -2.04. The number of ketones is 1. The summed E-state index contributed by atoms with van der Waals surface area (Å²) < 4.78 is 0.951. The van der Waals surface area contributed by atoms with Gasteiger partial charge in [0.15, 0.2) is 5.78 Å². The van der Waals surface area contributed by atoms with Crippen LogP contribution in [0.2, 0.25) is 0 Å². The van der Waals surface area contributed by atoms with Gasteiger partial charge in [-0.25, -0.2) is 0 Å². The first-order valence-corrected chi connectivity index (χ1v) is 6.71. The highest BCUT2D eigenvalue weighted by Crippen LogP contribution is 2.18. The summed E-state index contributed by atoms with van der Waals surface area (Å²) >= 11 is 5.02. The van der Waals surface area contributed by atoms with Crippen LogP contribution in [0.5, 0.6) is 0 Å². The Balaban J connectivity index is 2.24. The second kappa shape index (κ2) is 4.93. The van der Waals surface area contributed by atoms with E-state index in [0.29, 0.717) is 6.42 Å². The number of carbonyl (C=O) groups excluding carboxylic acids is 1. The predicted molar refractivity (Wildman–Crippen MR) is 71.2 cm³/mol. The fraction of sp³-hybridized carbons (Fsp3) is 0.154. The summed E-state index contributed by atoms with van der Waals surface area (Å²) in [6, 6.07) is 7.81. The van der Waals surface area contributed by atoms with E-state index in [2.05, 4.69) is 15.9 Å². The normalized spacial score (nSPS) is 10.4. The van der Waals surface area contributed by atoms with E-state index >= 15 is 0 Å². The minimum atomic E-state index is 0.178. The molecule has 0 spiro atoms. The van der Waals surface area contributed by atoms with Gasteiger partial charge >= 0.3 is 0 Å². The molecule has 0 aliphatic rings. The summed E-state index contributed by atoms with van der Waals surface area (Å²) in [4.78, 5) is 12.1. The van der Waals surface area contributed by atoms with Crippen LogP contribution < -0.4 is 0 Å². The zero-order valence-electron chi connectivity index (χ0n) is 8.87. The maximum absolute atomic E-state index is 12.1. The Morgan fingerprint density at radius 3 is 2.88 bits per heavy atom. The predicted octanol–water partition coefficient (Wildman–Crippen LogP) is 4.24. The molecule has 0 saturated carbocycles. The average Bonchev–Trinajstić information content (AvgIpc) is 2.74. The molecule has 0 saturated heterocycles. The van der Waals surface area contributed by atoms with Crippen LogP contribution in [0.4, 0.5) is 0 Å². The molecule has 1 aromatic heterocycles. The van der Waals surface area contributed by atoms with Crippen molar-refractivity contribution in [2.45, 2.75) is 13.3 Å². The summed E-state index contributed by atoms with van der Waals surface area (Å²) in [5, 5.41) is 4.02. The molecule has 1 aromatic carbocycles. The van der Waals surface area contributed by atoms with Crippen molar-refractivity contribution >= 4 is 33.0 Å². The SMILES string of the molecule is Cc1ccc(Br)cc1C(=O)Cc1ccsc1. The van der Waals surface area contributed by atoms with Crippen LogP contribution in [-0.4, -0.2) is 5.78 Å². The largest absolute Gasteiger partial charge is 0.294 e. The van der Waals surface area contributed by atoms with E-state index < -0.39 is 0 Å². The minimum Gasteiger partial charge on any atom is -0.294 e. The zero-order chi connectivity index (χ0) is 11.5. The highest BCUT2D eigenvalue weighted by molar-refractivity contribution is 9.10. The second-order valence-corrected chi connectivity index (χ2v) is 5.39. The molecule has 2 rings (SSSR count). The maximum Gasteiger partial charge on any atom is 0.167 e. The van der Waals surface area contributed by atoms with Crippen LogP contribution in [0.15, 0.2) is 39.5 Å². The fourth-order valence-electron chi connectivity index (χ4n) is 1.57. The van der Waals surface area contributed by atoms with Crippen molar-refractivity contribution in [2.75, 3.05) is 0 Å². The Morgan fingerprint density at radius 1 is 1.38 bits per heavy atom. The molecule has 82 valence electrons. The van der Waals surface area contributed by atoms with Crippen LogP contribution in [0, 0.1) is 6.92 Å². The molecule has 16 heavy (non-hydrogen) atoms. The molecule has 0 bridgehead atoms. The molecule has 0 atom stereocenters. The first kappa shape index (κ1) is 11.6. The summed E-state index contributed by atoms with van der Waals surface area (Å²) in [6.45, 7) is 1.97. The summed E-state index contributed by atoms with van der Waals surface area (Å²) in [5.74, 6) is 0.178. The average molecular weight is 295 g/mol. The van der Waals surface area contributed by atoms with Crippen LogP contribution in [0.1, 0.15) is 21.5 Å². The molecular formula is C13H11BrOS. The Bertz CT molecular complexity index is 503. The number of rotatable bonds is 3. The van der Waals surface area contributed by atoms with Crippen molar-refractivity contribution in [3.8, 4) is 0 Å². The number of hydrogen-bond acceptors (Lipinski definition) is 2. The summed E-state index contributed by atoms with van der Waals surface area (Å²) in [6.07, 6.45) is 0.487. The van der Waals surface area contributed by atoms with Crippen LogP contribution in [0.3, 0.4) is 0 Å². The van der Waals surface area contributed by atoms with Gasteiger partial charge < -0.3 is 0 Å². The molecule has 0 aliphatic carbocycles. The van der Waals surface area contributed by atoms with Crippen molar-refractivity contribution in [1.29, 1.82) is 0 Å². The van der Waals surface area contributed by atoms with Gasteiger partial charge in [0.25, 0.3) is 0 Å².